The van der Waals surface area contributed by atoms with E-state index in [0.29, 0.717) is 5.56 Å². The molecule has 2 aromatic heterocycles. The number of sulfone groups is 1. The quantitative estimate of drug-likeness (QED) is 0.259. The molecule has 10 heteroatoms. The molecule has 0 bridgehead atoms. The maximum Gasteiger partial charge on any atom is 0.341 e. The van der Waals surface area contributed by atoms with Crippen LogP contribution in [0.25, 0.3) is 11.1 Å². The summed E-state index contributed by atoms with van der Waals surface area (Å²) in [4.78, 5) is 25.7. The molecule has 7 nitrogen and oxygen atoms in total. The summed E-state index contributed by atoms with van der Waals surface area (Å²) in [5.41, 5.74) is 2.73. The molecule has 180 valence electrons. The van der Waals surface area contributed by atoms with E-state index in [2.05, 4.69) is 21.2 Å². The van der Waals surface area contributed by atoms with Gasteiger partial charge in [0.2, 0.25) is 14.9 Å². The van der Waals surface area contributed by atoms with E-state index < -0.39 is 21.7 Å². The Morgan fingerprint density at radius 3 is 2.37 bits per heavy atom. The van der Waals surface area contributed by atoms with Gasteiger partial charge < -0.3 is 14.5 Å². The summed E-state index contributed by atoms with van der Waals surface area (Å²) < 4.78 is 37.0. The number of esters is 1. The van der Waals surface area contributed by atoms with Crippen molar-refractivity contribution in [3.63, 3.8) is 0 Å². The normalized spacial score (nSPS) is 11.3. The van der Waals surface area contributed by atoms with Crippen LogP contribution in [0.4, 0.5) is 5.00 Å². The average molecular weight is 574 g/mol. The number of halogens is 1. The molecule has 1 amide bonds. The Labute approximate surface area is 214 Å². The number of ether oxygens (including phenoxy) is 1. The zero-order valence-electron chi connectivity index (χ0n) is 18.7. The summed E-state index contributed by atoms with van der Waals surface area (Å²) in [6.45, 7) is 3.83. The van der Waals surface area contributed by atoms with Crippen LogP contribution in [-0.2, 0) is 14.6 Å². The molecule has 4 aromatic rings. The van der Waals surface area contributed by atoms with Crippen LogP contribution in [0.15, 0.2) is 84.9 Å². The minimum Gasteiger partial charge on any atom is -0.462 e. The third-order valence-electron chi connectivity index (χ3n) is 5.05. The fourth-order valence-corrected chi connectivity index (χ4v) is 5.67. The number of benzene rings is 2. The molecule has 0 aliphatic rings. The summed E-state index contributed by atoms with van der Waals surface area (Å²) in [5, 5.41) is 4.34. The van der Waals surface area contributed by atoms with E-state index in [-0.39, 0.29) is 32.9 Å². The Hall–Kier alpha value is -3.21. The highest BCUT2D eigenvalue weighted by atomic mass is 79.9. The lowest BCUT2D eigenvalue weighted by atomic mass is 10.0. The van der Waals surface area contributed by atoms with Crippen molar-refractivity contribution in [1.29, 1.82) is 0 Å². The van der Waals surface area contributed by atoms with Crippen molar-refractivity contribution in [2.75, 3.05) is 11.9 Å². The Morgan fingerprint density at radius 1 is 1.03 bits per heavy atom. The van der Waals surface area contributed by atoms with Gasteiger partial charge in [-0.25, -0.2) is 13.2 Å². The number of thiophene rings is 1. The lowest BCUT2D eigenvalue weighted by Gasteiger charge is -2.08. The minimum atomic E-state index is -3.94. The SMILES string of the molecule is CCOC(=O)c1c(-c2ccc(C)cc2)csc1NC(=O)c1ccc(S(=O)(=O)c2ccc(Br)cc2)o1. The molecule has 0 spiro atoms. The summed E-state index contributed by atoms with van der Waals surface area (Å²) >= 11 is 4.43. The van der Waals surface area contributed by atoms with Gasteiger partial charge in [-0.3, -0.25) is 4.79 Å². The van der Waals surface area contributed by atoms with E-state index in [9.17, 15) is 18.0 Å². The van der Waals surface area contributed by atoms with Crippen LogP contribution in [0, 0.1) is 6.92 Å². The summed E-state index contributed by atoms with van der Waals surface area (Å²) in [5.74, 6) is -1.47. The molecular formula is C25H20BrNO6S2. The molecule has 0 aliphatic heterocycles. The smallest absolute Gasteiger partial charge is 0.341 e. The second-order valence-electron chi connectivity index (χ2n) is 7.47. The van der Waals surface area contributed by atoms with Crippen molar-refractivity contribution in [3.05, 3.63) is 87.4 Å². The molecule has 2 heterocycles. The predicted molar refractivity (Wildman–Crippen MR) is 137 cm³/mol. The number of carbonyl (C=O) groups excluding carboxylic acids is 2. The van der Waals surface area contributed by atoms with Crippen molar-refractivity contribution in [2.24, 2.45) is 0 Å². The van der Waals surface area contributed by atoms with Crippen LogP contribution < -0.4 is 5.32 Å². The van der Waals surface area contributed by atoms with Crippen molar-refractivity contribution < 1.29 is 27.2 Å². The van der Waals surface area contributed by atoms with Gasteiger partial charge in [-0.1, -0.05) is 45.8 Å². The molecule has 0 fully saturated rings. The van der Waals surface area contributed by atoms with Gasteiger partial charge in [0, 0.05) is 15.4 Å². The fraction of sp³-hybridized carbons (Fsp3) is 0.120. The third kappa shape index (κ3) is 5.24. The lowest BCUT2D eigenvalue weighted by molar-refractivity contribution is 0.0529. The Morgan fingerprint density at radius 2 is 1.71 bits per heavy atom. The van der Waals surface area contributed by atoms with E-state index in [0.717, 1.165) is 15.6 Å². The number of rotatable bonds is 7. The van der Waals surface area contributed by atoms with Gasteiger partial charge in [0.05, 0.1) is 11.5 Å². The third-order valence-corrected chi connectivity index (χ3v) is 8.12. The lowest BCUT2D eigenvalue weighted by Crippen LogP contribution is -2.14. The van der Waals surface area contributed by atoms with Crippen LogP contribution in [0.1, 0.15) is 33.4 Å². The summed E-state index contributed by atoms with van der Waals surface area (Å²) in [7, 11) is -3.94. The maximum atomic E-state index is 12.9. The van der Waals surface area contributed by atoms with Crippen molar-refractivity contribution in [2.45, 2.75) is 23.8 Å². The largest absolute Gasteiger partial charge is 0.462 e. The van der Waals surface area contributed by atoms with E-state index in [1.54, 1.807) is 24.4 Å². The van der Waals surface area contributed by atoms with Crippen molar-refractivity contribution >= 4 is 54.0 Å². The van der Waals surface area contributed by atoms with Crippen LogP contribution in [0.5, 0.6) is 0 Å². The van der Waals surface area contributed by atoms with Gasteiger partial charge >= 0.3 is 5.97 Å². The molecular weight excluding hydrogens is 554 g/mol. The first-order valence-corrected chi connectivity index (χ1v) is 13.6. The van der Waals surface area contributed by atoms with Crippen LogP contribution in [0.2, 0.25) is 0 Å². The monoisotopic (exact) mass is 573 g/mol. The van der Waals surface area contributed by atoms with Crippen molar-refractivity contribution in [1.82, 2.24) is 0 Å². The molecule has 0 aliphatic carbocycles. The predicted octanol–water partition coefficient (Wildman–Crippen LogP) is 6.34. The highest BCUT2D eigenvalue weighted by Gasteiger charge is 2.26. The first-order valence-electron chi connectivity index (χ1n) is 10.5. The Bertz CT molecular complexity index is 1490. The first-order chi connectivity index (χ1) is 16.7. The van der Waals surface area contributed by atoms with E-state index in [1.165, 1.54) is 35.6 Å². The number of hydrogen-bond donors (Lipinski definition) is 1. The zero-order chi connectivity index (χ0) is 25.2. The van der Waals surface area contributed by atoms with E-state index in [4.69, 9.17) is 9.15 Å². The van der Waals surface area contributed by atoms with Crippen LogP contribution in [-0.4, -0.2) is 26.9 Å². The van der Waals surface area contributed by atoms with Crippen molar-refractivity contribution in [3.8, 4) is 11.1 Å². The fourth-order valence-electron chi connectivity index (χ4n) is 3.28. The number of nitrogens with one attached hydrogen (secondary N) is 1. The number of amides is 1. The highest BCUT2D eigenvalue weighted by Crippen LogP contribution is 2.37. The Balaban J connectivity index is 1.63. The number of furan rings is 1. The van der Waals surface area contributed by atoms with Crippen LogP contribution >= 0.6 is 27.3 Å². The number of anilines is 1. The molecule has 2 aromatic carbocycles. The Kier molecular flexibility index (Phi) is 7.25. The van der Waals surface area contributed by atoms with Gasteiger partial charge in [-0.2, -0.15) is 0 Å². The summed E-state index contributed by atoms with van der Waals surface area (Å²) in [6, 6.07) is 16.2. The van der Waals surface area contributed by atoms with E-state index >= 15 is 0 Å². The highest BCUT2D eigenvalue weighted by molar-refractivity contribution is 9.10. The molecule has 0 saturated heterocycles. The van der Waals surface area contributed by atoms with Gasteiger partial charge in [-0.05, 0) is 55.8 Å². The van der Waals surface area contributed by atoms with Crippen LogP contribution in [0.3, 0.4) is 0 Å². The molecule has 0 unspecified atom stereocenters. The number of hydrogen-bond acceptors (Lipinski definition) is 7. The van der Waals surface area contributed by atoms with Gasteiger partial charge in [-0.15, -0.1) is 11.3 Å². The van der Waals surface area contributed by atoms with Gasteiger partial charge in [0.1, 0.15) is 10.6 Å². The molecule has 0 radical (unpaired) electrons. The van der Waals surface area contributed by atoms with Gasteiger partial charge in [0.15, 0.2) is 5.76 Å². The second kappa shape index (κ2) is 10.2. The number of aryl methyl sites for hydroxylation is 1. The molecule has 4 rings (SSSR count). The van der Waals surface area contributed by atoms with Gasteiger partial charge in [0.25, 0.3) is 5.91 Å². The molecule has 35 heavy (non-hydrogen) atoms. The average Bonchev–Trinajstić information content (AvgIpc) is 3.48. The molecule has 0 atom stereocenters. The molecule has 0 saturated carbocycles. The molecule has 1 N–H and O–H groups in total. The maximum absolute atomic E-state index is 12.9. The number of carbonyl (C=O) groups is 2. The first kappa shape index (κ1) is 24.9. The zero-order valence-corrected chi connectivity index (χ0v) is 21.9. The van der Waals surface area contributed by atoms with E-state index in [1.807, 2.05) is 31.2 Å². The standard InChI is InChI=1S/C25H20BrNO6S2/c1-3-32-25(29)22-19(16-6-4-15(2)5-7-16)14-34-24(22)27-23(28)20-12-13-21(33-20)35(30,31)18-10-8-17(26)9-11-18/h4-14H,3H2,1-2H3,(H,27,28). The topological polar surface area (TPSA) is 103 Å². The minimum absolute atomic E-state index is 0.0348. The second-order valence-corrected chi connectivity index (χ2v) is 11.1. The summed E-state index contributed by atoms with van der Waals surface area (Å²) in [6.07, 6.45) is 0.